The topological polar surface area (TPSA) is 96.2 Å². The van der Waals surface area contributed by atoms with Crippen molar-refractivity contribution in [3.63, 3.8) is 0 Å². The van der Waals surface area contributed by atoms with Gasteiger partial charge in [-0.25, -0.2) is 9.97 Å². The molecule has 0 fully saturated rings. The minimum Gasteiger partial charge on any atom is -0.356 e. The molecule has 2 heterocycles. The zero-order chi connectivity index (χ0) is 28.4. The normalized spacial score (nSPS) is 11.7. The van der Waals surface area contributed by atoms with Gasteiger partial charge in [0.1, 0.15) is 11.6 Å². The van der Waals surface area contributed by atoms with Gasteiger partial charge < -0.3 is 20.2 Å². The van der Waals surface area contributed by atoms with E-state index in [4.69, 9.17) is 0 Å². The minimum absolute atomic E-state index is 0.133. The monoisotopic (exact) mass is 550 g/mol. The van der Waals surface area contributed by atoms with Crippen molar-refractivity contribution >= 4 is 5.91 Å². The Morgan fingerprint density at radius 2 is 1.23 bits per heavy atom. The molecule has 0 radical (unpaired) electrons. The Hall–Kier alpha value is -3.01. The van der Waals surface area contributed by atoms with Crippen LogP contribution in [0, 0.1) is 0 Å². The number of rotatable bonds is 21. The maximum absolute atomic E-state index is 12.2. The molecule has 0 atom stereocenters. The van der Waals surface area contributed by atoms with Gasteiger partial charge in [-0.2, -0.15) is 0 Å². The van der Waals surface area contributed by atoms with E-state index in [0.29, 0.717) is 13.0 Å². The van der Waals surface area contributed by atoms with Crippen LogP contribution in [-0.4, -0.2) is 79.8 Å². The van der Waals surface area contributed by atoms with Crippen LogP contribution >= 0.6 is 0 Å². The van der Waals surface area contributed by atoms with Gasteiger partial charge in [-0.3, -0.25) is 14.6 Å². The number of nitrogens with one attached hydrogen (secondary N) is 3. The largest absolute Gasteiger partial charge is 0.356 e. The fourth-order valence-corrected chi connectivity index (χ4v) is 5.08. The van der Waals surface area contributed by atoms with Gasteiger partial charge in [0.25, 0.3) is 0 Å². The van der Waals surface area contributed by atoms with Gasteiger partial charge in [0, 0.05) is 57.4 Å². The number of aromatic nitrogens is 4. The fourth-order valence-electron chi connectivity index (χ4n) is 5.08. The molecule has 1 aromatic carbocycles. The Morgan fingerprint density at radius 3 is 1.70 bits per heavy atom. The first-order valence-corrected chi connectivity index (χ1v) is 15.1. The zero-order valence-corrected chi connectivity index (χ0v) is 24.9. The number of imidazole rings is 2. The van der Waals surface area contributed by atoms with Crippen molar-refractivity contribution in [2.45, 2.75) is 79.1 Å². The van der Waals surface area contributed by atoms with Crippen molar-refractivity contribution < 1.29 is 4.79 Å². The van der Waals surface area contributed by atoms with Crippen LogP contribution in [0.3, 0.4) is 0 Å². The summed E-state index contributed by atoms with van der Waals surface area (Å²) in [5.41, 5.74) is 2.53. The molecule has 40 heavy (non-hydrogen) atoms. The molecule has 0 spiro atoms. The second kappa shape index (κ2) is 18.4. The van der Waals surface area contributed by atoms with E-state index in [1.54, 1.807) is 12.4 Å². The van der Waals surface area contributed by atoms with E-state index in [2.05, 4.69) is 78.1 Å². The number of carbonyl (C=O) groups is 1. The maximum atomic E-state index is 12.2. The van der Waals surface area contributed by atoms with Crippen LogP contribution < -0.4 is 5.32 Å². The highest BCUT2D eigenvalue weighted by atomic mass is 16.1. The van der Waals surface area contributed by atoms with Gasteiger partial charge in [0.05, 0.1) is 13.1 Å². The molecule has 3 rings (SSSR count). The lowest BCUT2D eigenvalue weighted by Crippen LogP contribution is -2.32. The van der Waals surface area contributed by atoms with Crippen molar-refractivity contribution in [3.05, 3.63) is 71.8 Å². The van der Waals surface area contributed by atoms with Crippen LogP contribution in [0.4, 0.5) is 0 Å². The summed E-state index contributed by atoms with van der Waals surface area (Å²) in [5, 5.41) is 2.94. The molecule has 3 aromatic rings. The van der Waals surface area contributed by atoms with Gasteiger partial charge in [0.15, 0.2) is 0 Å². The summed E-state index contributed by atoms with van der Waals surface area (Å²) in [6.07, 6.45) is 12.6. The lowest BCUT2D eigenvalue weighted by molar-refractivity contribution is -0.121. The summed E-state index contributed by atoms with van der Waals surface area (Å²) in [6, 6.07) is 8.91. The second-order valence-electron chi connectivity index (χ2n) is 10.6. The summed E-state index contributed by atoms with van der Waals surface area (Å²) in [7, 11) is 0. The average Bonchev–Trinajstić information content (AvgIpc) is 3.66. The number of nitrogens with zero attached hydrogens (tertiary/aromatic N) is 5. The summed E-state index contributed by atoms with van der Waals surface area (Å²) in [4.78, 5) is 34.8. The summed E-state index contributed by atoms with van der Waals surface area (Å²) >= 11 is 0. The number of benzene rings is 1. The van der Waals surface area contributed by atoms with Crippen molar-refractivity contribution in [1.82, 2.24) is 40.0 Å². The first-order valence-electron chi connectivity index (χ1n) is 15.1. The van der Waals surface area contributed by atoms with E-state index in [1.807, 2.05) is 19.3 Å². The van der Waals surface area contributed by atoms with E-state index in [9.17, 15) is 4.79 Å². The fraction of sp³-hybridized carbons (Fsp3) is 0.581. The van der Waals surface area contributed by atoms with Gasteiger partial charge in [-0.1, -0.05) is 38.1 Å². The van der Waals surface area contributed by atoms with Crippen LogP contribution in [0.5, 0.6) is 0 Å². The molecule has 0 aliphatic rings. The third-order valence-corrected chi connectivity index (χ3v) is 7.00. The average molecular weight is 551 g/mol. The highest BCUT2D eigenvalue weighted by Gasteiger charge is 2.13. The molecular formula is C31H50N8O. The predicted molar refractivity (Wildman–Crippen MR) is 161 cm³/mol. The Kier molecular flexibility index (Phi) is 14.5. The molecule has 3 N–H and O–H groups in total. The quantitative estimate of drug-likeness (QED) is 0.168. The van der Waals surface area contributed by atoms with E-state index >= 15 is 0 Å². The minimum atomic E-state index is 0.133. The first kappa shape index (κ1) is 31.5. The van der Waals surface area contributed by atoms with E-state index in [1.165, 1.54) is 43.5 Å². The third-order valence-electron chi connectivity index (χ3n) is 7.00. The summed E-state index contributed by atoms with van der Waals surface area (Å²) in [6.45, 7) is 15.6. The maximum Gasteiger partial charge on any atom is 0.221 e. The number of hydrogen-bond donors (Lipinski definition) is 3. The van der Waals surface area contributed by atoms with Crippen molar-refractivity contribution in [3.8, 4) is 0 Å². The van der Waals surface area contributed by atoms with Gasteiger partial charge in [-0.15, -0.1) is 0 Å². The lowest BCUT2D eigenvalue weighted by Gasteiger charge is -2.24. The van der Waals surface area contributed by atoms with Gasteiger partial charge in [-0.05, 0) is 69.9 Å². The molecule has 2 aromatic heterocycles. The molecular weight excluding hydrogens is 500 g/mol. The molecule has 9 heteroatoms. The van der Waals surface area contributed by atoms with Gasteiger partial charge in [0.2, 0.25) is 5.91 Å². The van der Waals surface area contributed by atoms with Crippen molar-refractivity contribution in [1.29, 1.82) is 0 Å². The molecule has 0 saturated heterocycles. The molecule has 9 nitrogen and oxygen atoms in total. The Balaban J connectivity index is 1.56. The van der Waals surface area contributed by atoms with E-state index in [-0.39, 0.29) is 5.91 Å². The number of unbranched alkanes of at least 4 members (excludes halogenated alkanes) is 1. The standard InChI is InChI=1S/C31H50N8O/c1-4-18-37(19-5-2)20-7-8-21-38(22-13-31(40)32-6-3)23-27-9-11-28(12-10-27)24-39(25-29-33-14-15-34-29)26-30-35-16-17-36-30/h9-12,14-17H,4-8,13,18-26H2,1-3H3,(H,32,40)(H,33,34)(H,35,36). The van der Waals surface area contributed by atoms with Gasteiger partial charge >= 0.3 is 0 Å². The Morgan fingerprint density at radius 1 is 0.700 bits per heavy atom. The Bertz CT molecular complexity index is 994. The number of H-pyrrole nitrogens is 2. The predicted octanol–water partition coefficient (Wildman–Crippen LogP) is 4.57. The van der Waals surface area contributed by atoms with Crippen LogP contribution in [0.25, 0.3) is 0 Å². The number of amides is 1. The summed E-state index contributed by atoms with van der Waals surface area (Å²) in [5.74, 6) is 2.02. The van der Waals surface area contributed by atoms with E-state index < -0.39 is 0 Å². The molecule has 0 aliphatic carbocycles. The highest BCUT2D eigenvalue weighted by molar-refractivity contribution is 5.75. The summed E-state index contributed by atoms with van der Waals surface area (Å²) < 4.78 is 0. The van der Waals surface area contributed by atoms with Crippen molar-refractivity contribution in [2.24, 2.45) is 0 Å². The van der Waals surface area contributed by atoms with Crippen LogP contribution in [0.15, 0.2) is 49.1 Å². The lowest BCUT2D eigenvalue weighted by atomic mass is 10.1. The molecule has 0 bridgehead atoms. The molecule has 0 unspecified atom stereocenters. The van der Waals surface area contributed by atoms with Crippen LogP contribution in [0.1, 0.15) is 75.7 Å². The van der Waals surface area contributed by atoms with Crippen LogP contribution in [0.2, 0.25) is 0 Å². The smallest absolute Gasteiger partial charge is 0.221 e. The number of hydrogen-bond acceptors (Lipinski definition) is 6. The van der Waals surface area contributed by atoms with E-state index in [0.717, 1.165) is 63.9 Å². The molecule has 0 saturated carbocycles. The third kappa shape index (κ3) is 12.0. The second-order valence-corrected chi connectivity index (χ2v) is 10.6. The highest BCUT2D eigenvalue weighted by Crippen LogP contribution is 2.14. The SMILES string of the molecule is CCCN(CCC)CCCCN(CCC(=O)NCC)Cc1ccc(CN(Cc2ncc[nH]2)Cc2ncc[nH]2)cc1. The number of aromatic amines is 2. The molecule has 220 valence electrons. The molecule has 1 amide bonds. The first-order chi connectivity index (χ1) is 19.6. The van der Waals surface area contributed by atoms with Crippen LogP contribution in [-0.2, 0) is 31.0 Å². The number of carbonyl (C=O) groups excluding carboxylic acids is 1. The Labute approximate surface area is 240 Å². The molecule has 0 aliphatic heterocycles. The van der Waals surface area contributed by atoms with Crippen molar-refractivity contribution in [2.75, 3.05) is 39.3 Å². The zero-order valence-electron chi connectivity index (χ0n) is 24.9.